The average Bonchev–Trinajstić information content (AvgIpc) is 3.22. The molecule has 126 valence electrons. The Morgan fingerprint density at radius 2 is 2.20 bits per heavy atom. The summed E-state index contributed by atoms with van der Waals surface area (Å²) >= 11 is 1.50. The number of nitrogens with one attached hydrogen (secondary N) is 1. The summed E-state index contributed by atoms with van der Waals surface area (Å²) in [5.41, 5.74) is 2.24. The van der Waals surface area contributed by atoms with Crippen LogP contribution in [-0.2, 0) is 12.8 Å². The molecule has 0 atom stereocenters. The van der Waals surface area contributed by atoms with E-state index in [2.05, 4.69) is 11.4 Å². The van der Waals surface area contributed by atoms with Gasteiger partial charge in [-0.25, -0.2) is 0 Å². The smallest absolute Gasteiger partial charge is 0.292 e. The average molecular weight is 352 g/mol. The van der Waals surface area contributed by atoms with Crippen molar-refractivity contribution in [2.75, 3.05) is 12.4 Å². The van der Waals surface area contributed by atoms with E-state index < -0.39 is 0 Å². The van der Waals surface area contributed by atoms with E-state index in [1.54, 1.807) is 19.2 Å². The summed E-state index contributed by atoms with van der Waals surface area (Å²) in [5, 5.41) is 13.8. The molecule has 1 aliphatic rings. The van der Waals surface area contributed by atoms with E-state index in [0.29, 0.717) is 21.9 Å². The third kappa shape index (κ3) is 2.67. The summed E-state index contributed by atoms with van der Waals surface area (Å²) in [6.07, 6.45) is 4.11. The topological polar surface area (TPSA) is 75.3 Å². The molecule has 0 bridgehead atoms. The summed E-state index contributed by atoms with van der Waals surface area (Å²) in [7, 11) is 1.56. The lowest BCUT2D eigenvalue weighted by molar-refractivity contribution is 0.0999. The van der Waals surface area contributed by atoms with Gasteiger partial charge in [0.15, 0.2) is 17.1 Å². The highest BCUT2D eigenvalue weighted by atomic mass is 32.1. The van der Waals surface area contributed by atoms with E-state index in [0.717, 1.165) is 36.6 Å². The van der Waals surface area contributed by atoms with Crippen LogP contribution in [0.2, 0.25) is 0 Å². The first-order valence-electron chi connectivity index (χ1n) is 8.14. The summed E-state index contributed by atoms with van der Waals surface area (Å²) in [4.78, 5) is 13.8. The van der Waals surface area contributed by atoms with Crippen molar-refractivity contribution in [3.63, 3.8) is 0 Å². The number of benzene rings is 1. The van der Waals surface area contributed by atoms with Crippen LogP contribution in [0.5, 0.6) is 5.75 Å². The van der Waals surface area contributed by atoms with Crippen LogP contribution < -0.4 is 10.1 Å². The standard InChI is InChI=1S/C19H16N2O3S/c1-23-14-7-4-5-11-9-15(24-17(11)14)18(22)21-19-13(10-20)12-6-2-3-8-16(12)25-19/h4-5,7,9H,2-3,6,8H2,1H3,(H,21,22). The van der Waals surface area contributed by atoms with Crippen LogP contribution in [0.15, 0.2) is 28.7 Å². The molecule has 0 saturated carbocycles. The van der Waals surface area contributed by atoms with E-state index in [9.17, 15) is 10.1 Å². The van der Waals surface area contributed by atoms with Crippen LogP contribution in [0.4, 0.5) is 5.00 Å². The van der Waals surface area contributed by atoms with Crippen LogP contribution in [0, 0.1) is 11.3 Å². The molecule has 0 unspecified atom stereocenters. The van der Waals surface area contributed by atoms with Crippen molar-refractivity contribution >= 4 is 33.2 Å². The lowest BCUT2D eigenvalue weighted by atomic mass is 9.96. The van der Waals surface area contributed by atoms with Gasteiger partial charge in [-0.15, -0.1) is 11.3 Å². The second kappa shape index (κ2) is 6.26. The van der Waals surface area contributed by atoms with Gasteiger partial charge >= 0.3 is 0 Å². The molecule has 3 aromatic rings. The van der Waals surface area contributed by atoms with Crippen LogP contribution in [0.3, 0.4) is 0 Å². The van der Waals surface area contributed by atoms with Crippen LogP contribution in [0.1, 0.15) is 39.4 Å². The number of carbonyl (C=O) groups excluding carboxylic acids is 1. The quantitative estimate of drug-likeness (QED) is 0.753. The molecule has 0 fully saturated rings. The number of hydrogen-bond donors (Lipinski definition) is 1. The van der Waals surface area contributed by atoms with Crippen molar-refractivity contribution in [3.05, 3.63) is 46.0 Å². The number of furan rings is 1. The lowest BCUT2D eigenvalue weighted by Crippen LogP contribution is -2.10. The SMILES string of the molecule is COc1cccc2cc(C(=O)Nc3sc4c(c3C#N)CCCC4)oc12. The maximum absolute atomic E-state index is 12.6. The predicted octanol–water partition coefficient (Wildman–Crippen LogP) is 4.51. The molecule has 25 heavy (non-hydrogen) atoms. The summed E-state index contributed by atoms with van der Waals surface area (Å²) in [6.45, 7) is 0. The fourth-order valence-electron chi connectivity index (χ4n) is 3.25. The fourth-order valence-corrected chi connectivity index (χ4v) is 4.48. The van der Waals surface area contributed by atoms with Crippen molar-refractivity contribution < 1.29 is 13.9 Å². The molecular weight excluding hydrogens is 336 g/mol. The number of ether oxygens (including phenoxy) is 1. The van der Waals surface area contributed by atoms with E-state index >= 15 is 0 Å². The Kier molecular flexibility index (Phi) is 3.94. The van der Waals surface area contributed by atoms with Crippen LogP contribution in [-0.4, -0.2) is 13.0 Å². The zero-order valence-corrected chi connectivity index (χ0v) is 14.5. The number of rotatable bonds is 3. The zero-order valence-electron chi connectivity index (χ0n) is 13.7. The third-order valence-corrected chi connectivity index (χ3v) is 5.67. The Balaban J connectivity index is 1.67. The second-order valence-electron chi connectivity index (χ2n) is 5.97. The van der Waals surface area contributed by atoms with Gasteiger partial charge in [0.1, 0.15) is 11.1 Å². The molecule has 2 aromatic heterocycles. The van der Waals surface area contributed by atoms with Crippen molar-refractivity contribution in [3.8, 4) is 11.8 Å². The first-order valence-corrected chi connectivity index (χ1v) is 8.95. The van der Waals surface area contributed by atoms with Crippen LogP contribution >= 0.6 is 11.3 Å². The van der Waals surface area contributed by atoms with Crippen LogP contribution in [0.25, 0.3) is 11.0 Å². The number of methoxy groups -OCH3 is 1. The fraction of sp³-hybridized carbons (Fsp3) is 0.263. The van der Waals surface area contributed by atoms with Gasteiger partial charge in [0.05, 0.1) is 12.7 Å². The maximum atomic E-state index is 12.6. The minimum atomic E-state index is -0.353. The molecule has 1 amide bonds. The first kappa shape index (κ1) is 15.7. The van der Waals surface area contributed by atoms with Crippen molar-refractivity contribution in [1.29, 1.82) is 5.26 Å². The molecule has 0 aliphatic heterocycles. The Morgan fingerprint density at radius 1 is 1.36 bits per heavy atom. The highest BCUT2D eigenvalue weighted by molar-refractivity contribution is 7.16. The number of hydrogen-bond acceptors (Lipinski definition) is 5. The molecule has 1 aromatic carbocycles. The molecule has 0 saturated heterocycles. The van der Waals surface area contributed by atoms with E-state index in [-0.39, 0.29) is 11.7 Å². The van der Waals surface area contributed by atoms with Gasteiger partial charge in [0.2, 0.25) is 0 Å². The van der Waals surface area contributed by atoms with Gasteiger partial charge in [-0.3, -0.25) is 4.79 Å². The second-order valence-corrected chi connectivity index (χ2v) is 7.08. The number of thiophene rings is 1. The molecule has 2 heterocycles. The highest BCUT2D eigenvalue weighted by Crippen LogP contribution is 2.38. The van der Waals surface area contributed by atoms with E-state index in [4.69, 9.17) is 9.15 Å². The summed E-state index contributed by atoms with van der Waals surface area (Å²) in [5.74, 6) is 0.434. The molecule has 6 heteroatoms. The number of fused-ring (bicyclic) bond motifs is 2. The normalized spacial score (nSPS) is 13.3. The lowest BCUT2D eigenvalue weighted by Gasteiger charge is -2.09. The first-order chi connectivity index (χ1) is 12.2. The van der Waals surface area contributed by atoms with Crippen molar-refractivity contribution in [2.24, 2.45) is 0 Å². The van der Waals surface area contributed by atoms with Gasteiger partial charge in [-0.05, 0) is 43.4 Å². The number of nitrogens with zero attached hydrogens (tertiary/aromatic N) is 1. The Labute approximate surface area is 148 Å². The number of carbonyl (C=O) groups is 1. The minimum Gasteiger partial charge on any atom is -0.493 e. The molecule has 5 nitrogen and oxygen atoms in total. The van der Waals surface area contributed by atoms with Crippen molar-refractivity contribution in [2.45, 2.75) is 25.7 Å². The molecule has 4 rings (SSSR count). The van der Waals surface area contributed by atoms with Gasteiger partial charge in [-0.1, -0.05) is 12.1 Å². The Morgan fingerprint density at radius 3 is 3.00 bits per heavy atom. The zero-order chi connectivity index (χ0) is 17.4. The number of amides is 1. The largest absolute Gasteiger partial charge is 0.493 e. The summed E-state index contributed by atoms with van der Waals surface area (Å²) < 4.78 is 10.9. The molecule has 1 aliphatic carbocycles. The van der Waals surface area contributed by atoms with E-state index in [1.807, 2.05) is 12.1 Å². The van der Waals surface area contributed by atoms with Gasteiger partial charge in [-0.2, -0.15) is 5.26 Å². The van der Waals surface area contributed by atoms with Gasteiger partial charge < -0.3 is 14.5 Å². The molecule has 1 N–H and O–H groups in total. The monoisotopic (exact) mass is 352 g/mol. The molecular formula is C19H16N2O3S. The predicted molar refractivity (Wildman–Crippen MR) is 96.4 cm³/mol. The van der Waals surface area contributed by atoms with Crippen molar-refractivity contribution in [1.82, 2.24) is 0 Å². The number of nitriles is 1. The third-order valence-electron chi connectivity index (χ3n) is 4.46. The van der Waals surface area contributed by atoms with E-state index in [1.165, 1.54) is 16.2 Å². The maximum Gasteiger partial charge on any atom is 0.292 e. The minimum absolute atomic E-state index is 0.203. The number of para-hydroxylation sites is 1. The Bertz CT molecular complexity index is 1010. The molecule has 0 radical (unpaired) electrons. The number of aryl methyl sites for hydroxylation is 1. The van der Waals surface area contributed by atoms with Gasteiger partial charge in [0, 0.05) is 10.3 Å². The summed E-state index contributed by atoms with van der Waals surface area (Å²) in [6, 6.07) is 9.43. The highest BCUT2D eigenvalue weighted by Gasteiger charge is 2.23. The molecule has 0 spiro atoms. The van der Waals surface area contributed by atoms with Gasteiger partial charge in [0.25, 0.3) is 5.91 Å². The number of anilines is 1. The Hall–Kier alpha value is -2.78.